The quantitative estimate of drug-likeness (QED) is 0.677. The van der Waals surface area contributed by atoms with E-state index in [1.807, 2.05) is 6.08 Å². The number of carbonyl (C=O) groups is 2. The Bertz CT molecular complexity index is 584. The van der Waals surface area contributed by atoms with Crippen LogP contribution < -0.4 is 0 Å². The van der Waals surface area contributed by atoms with Gasteiger partial charge in [-0.3, -0.25) is 9.59 Å². The molecule has 0 aromatic heterocycles. The largest absolute Gasteiger partial charge is 0.299 e. The summed E-state index contributed by atoms with van der Waals surface area (Å²) in [5, 5.41) is 0. The van der Waals surface area contributed by atoms with Crippen molar-refractivity contribution in [3.05, 3.63) is 23.8 Å². The van der Waals surface area contributed by atoms with Gasteiger partial charge in [-0.25, -0.2) is 0 Å². The van der Waals surface area contributed by atoms with Crippen LogP contribution in [-0.4, -0.2) is 11.6 Å². The topological polar surface area (TPSA) is 34.1 Å². The summed E-state index contributed by atoms with van der Waals surface area (Å²) in [7, 11) is 0. The van der Waals surface area contributed by atoms with Crippen LogP contribution in [0.3, 0.4) is 0 Å². The molecule has 0 amide bonds. The van der Waals surface area contributed by atoms with Gasteiger partial charge in [0.1, 0.15) is 5.78 Å². The number of hydrogen-bond acceptors (Lipinski definition) is 2. The molecule has 3 fully saturated rings. The van der Waals surface area contributed by atoms with Crippen molar-refractivity contribution in [2.75, 3.05) is 0 Å². The van der Waals surface area contributed by atoms with Crippen molar-refractivity contribution >= 4 is 11.6 Å². The lowest BCUT2D eigenvalue weighted by atomic mass is 9.48. The second-order valence-electron chi connectivity index (χ2n) is 8.02. The van der Waals surface area contributed by atoms with Crippen LogP contribution in [0.15, 0.2) is 23.8 Å². The summed E-state index contributed by atoms with van der Waals surface area (Å²) < 4.78 is 0. The summed E-state index contributed by atoms with van der Waals surface area (Å²) in [5.74, 6) is 2.51. The van der Waals surface area contributed by atoms with Crippen molar-refractivity contribution in [1.29, 1.82) is 0 Å². The number of Topliss-reactive ketones (excluding diaryl/α,β-unsaturated/α-hetero) is 1. The molecule has 0 aromatic rings. The minimum Gasteiger partial charge on any atom is -0.299 e. The van der Waals surface area contributed by atoms with E-state index in [0.29, 0.717) is 23.5 Å². The summed E-state index contributed by atoms with van der Waals surface area (Å²) in [6.45, 7) is 4.54. The van der Waals surface area contributed by atoms with Gasteiger partial charge in [0.25, 0.3) is 0 Å². The van der Waals surface area contributed by atoms with Crippen LogP contribution in [-0.2, 0) is 9.59 Å². The van der Waals surface area contributed by atoms with Gasteiger partial charge in [-0.2, -0.15) is 0 Å². The molecule has 112 valence electrons. The fourth-order valence-corrected chi connectivity index (χ4v) is 5.97. The van der Waals surface area contributed by atoms with E-state index in [4.69, 9.17) is 0 Å². The molecule has 0 aromatic carbocycles. The van der Waals surface area contributed by atoms with Gasteiger partial charge >= 0.3 is 0 Å². The van der Waals surface area contributed by atoms with Crippen molar-refractivity contribution in [3.63, 3.8) is 0 Å². The summed E-state index contributed by atoms with van der Waals surface area (Å²) in [6, 6.07) is 0. The van der Waals surface area contributed by atoms with Gasteiger partial charge in [0.2, 0.25) is 0 Å². The Morgan fingerprint density at radius 3 is 2.67 bits per heavy atom. The first kappa shape index (κ1) is 13.5. The SMILES string of the molecule is C[C@@]12C=CC(=O)C=C1CC[C@H]1[C@H]2CC[C@]2(C)C(=O)CC[C@H]12. The predicted octanol–water partition coefficient (Wildman–Crippen LogP) is 3.86. The molecule has 0 radical (unpaired) electrons. The first-order valence-corrected chi connectivity index (χ1v) is 8.43. The average Bonchev–Trinajstić information content (AvgIpc) is 2.76. The third-order valence-corrected chi connectivity index (χ3v) is 7.27. The minimum atomic E-state index is -0.0487. The Morgan fingerprint density at radius 2 is 1.86 bits per heavy atom. The molecular formula is C19H24O2. The maximum absolute atomic E-state index is 12.3. The maximum Gasteiger partial charge on any atom is 0.178 e. The lowest BCUT2D eigenvalue weighted by molar-refractivity contribution is -0.131. The predicted molar refractivity (Wildman–Crippen MR) is 81.6 cm³/mol. The molecule has 0 unspecified atom stereocenters. The van der Waals surface area contributed by atoms with Crippen LogP contribution in [0, 0.1) is 28.6 Å². The average molecular weight is 284 g/mol. The highest BCUT2D eigenvalue weighted by atomic mass is 16.1. The number of carbonyl (C=O) groups excluding carboxylic acids is 2. The van der Waals surface area contributed by atoms with E-state index in [0.717, 1.165) is 32.1 Å². The summed E-state index contributed by atoms with van der Waals surface area (Å²) in [4.78, 5) is 24.0. The van der Waals surface area contributed by atoms with Crippen molar-refractivity contribution in [3.8, 4) is 0 Å². The Hall–Kier alpha value is -1.18. The molecule has 0 spiro atoms. The molecule has 4 aliphatic carbocycles. The monoisotopic (exact) mass is 284 g/mol. The fourth-order valence-electron chi connectivity index (χ4n) is 5.97. The third-order valence-electron chi connectivity index (χ3n) is 7.27. The van der Waals surface area contributed by atoms with E-state index >= 15 is 0 Å². The normalized spacial score (nSPS) is 48.5. The molecule has 0 aliphatic heterocycles. The smallest absolute Gasteiger partial charge is 0.178 e. The highest BCUT2D eigenvalue weighted by Gasteiger charge is 2.58. The third kappa shape index (κ3) is 1.65. The zero-order valence-corrected chi connectivity index (χ0v) is 13.0. The second-order valence-corrected chi connectivity index (χ2v) is 8.02. The van der Waals surface area contributed by atoms with Crippen LogP contribution >= 0.6 is 0 Å². The number of hydrogen-bond donors (Lipinski definition) is 0. The van der Waals surface area contributed by atoms with E-state index < -0.39 is 0 Å². The molecule has 2 nitrogen and oxygen atoms in total. The second kappa shape index (κ2) is 4.18. The molecule has 5 atom stereocenters. The summed E-state index contributed by atoms with van der Waals surface area (Å²) in [5.41, 5.74) is 1.35. The Morgan fingerprint density at radius 1 is 1.05 bits per heavy atom. The van der Waals surface area contributed by atoms with E-state index in [1.54, 1.807) is 6.08 Å². The van der Waals surface area contributed by atoms with Gasteiger partial charge in [0, 0.05) is 17.3 Å². The summed E-state index contributed by atoms with van der Waals surface area (Å²) >= 11 is 0. The number of fused-ring (bicyclic) bond motifs is 5. The van der Waals surface area contributed by atoms with Crippen molar-refractivity contribution in [2.45, 2.75) is 52.4 Å². The van der Waals surface area contributed by atoms with Crippen LogP contribution in [0.1, 0.15) is 52.4 Å². The van der Waals surface area contributed by atoms with Gasteiger partial charge < -0.3 is 0 Å². The first-order chi connectivity index (χ1) is 9.95. The van der Waals surface area contributed by atoms with Crippen LogP contribution in [0.2, 0.25) is 0 Å². The van der Waals surface area contributed by atoms with Crippen molar-refractivity contribution in [2.24, 2.45) is 28.6 Å². The number of allylic oxidation sites excluding steroid dienone is 4. The maximum atomic E-state index is 12.3. The highest BCUT2D eigenvalue weighted by Crippen LogP contribution is 2.63. The number of rotatable bonds is 0. The molecule has 21 heavy (non-hydrogen) atoms. The molecule has 0 N–H and O–H groups in total. The summed E-state index contributed by atoms with van der Waals surface area (Å²) in [6.07, 6.45) is 12.1. The fraction of sp³-hybridized carbons (Fsp3) is 0.684. The van der Waals surface area contributed by atoms with Crippen LogP contribution in [0.4, 0.5) is 0 Å². The van der Waals surface area contributed by atoms with Gasteiger partial charge in [-0.1, -0.05) is 25.5 Å². The van der Waals surface area contributed by atoms with E-state index in [1.165, 1.54) is 12.0 Å². The molecule has 0 bridgehead atoms. The molecule has 2 heteroatoms. The highest BCUT2D eigenvalue weighted by molar-refractivity contribution is 6.01. The van der Waals surface area contributed by atoms with E-state index in [-0.39, 0.29) is 16.6 Å². The van der Waals surface area contributed by atoms with Gasteiger partial charge in [0.05, 0.1) is 0 Å². The van der Waals surface area contributed by atoms with Crippen molar-refractivity contribution < 1.29 is 9.59 Å². The van der Waals surface area contributed by atoms with Crippen LogP contribution in [0.5, 0.6) is 0 Å². The Kier molecular flexibility index (Phi) is 2.68. The lowest BCUT2D eigenvalue weighted by Crippen LogP contribution is -2.49. The molecule has 4 rings (SSSR count). The minimum absolute atomic E-state index is 0.0487. The van der Waals surface area contributed by atoms with Gasteiger partial charge in [-0.05, 0) is 62.0 Å². The Labute approximate surface area is 126 Å². The standard InChI is InChI=1S/C19H24O2/c1-18-9-7-13(20)11-12(18)3-4-14-15-5-6-17(21)19(15,2)10-8-16(14)18/h7,9,11,14-16H,3-6,8,10H2,1-2H3/t14-,15-,16-,18-,19+/m1/s1. The number of ketones is 2. The van der Waals surface area contributed by atoms with E-state index in [2.05, 4.69) is 19.9 Å². The first-order valence-electron chi connectivity index (χ1n) is 8.43. The molecule has 0 saturated heterocycles. The van der Waals surface area contributed by atoms with Gasteiger partial charge in [0.15, 0.2) is 5.78 Å². The Balaban J connectivity index is 1.72. The molecule has 3 saturated carbocycles. The van der Waals surface area contributed by atoms with Crippen LogP contribution in [0.25, 0.3) is 0 Å². The molecule has 4 aliphatic rings. The zero-order valence-electron chi connectivity index (χ0n) is 13.0. The molecular weight excluding hydrogens is 260 g/mol. The van der Waals surface area contributed by atoms with Crippen molar-refractivity contribution in [1.82, 2.24) is 0 Å². The van der Waals surface area contributed by atoms with E-state index in [9.17, 15) is 9.59 Å². The lowest BCUT2D eigenvalue weighted by Gasteiger charge is -2.55. The van der Waals surface area contributed by atoms with Gasteiger partial charge in [-0.15, -0.1) is 0 Å². The zero-order chi connectivity index (χ0) is 14.8. The molecule has 0 heterocycles.